The molecule has 0 aliphatic carbocycles. The molecule has 3 N–H and O–H groups in total. The standard InChI is InChI=1S/C20H20BrN5O4/c1-30-8-7-25-17(22)16(18(27)24-20(25)29)26(12-13-5-3-2-4-6-13)19(28)14-9-15(21)11-23-10-14/h2-6,9-11H,7-8,12,22H2,1H3,(H,24,27,29). The van der Waals surface area contributed by atoms with Crippen LogP contribution in [-0.4, -0.2) is 34.2 Å². The molecule has 2 aromatic heterocycles. The average molecular weight is 474 g/mol. The Hall–Kier alpha value is -3.24. The predicted octanol–water partition coefficient (Wildman–Crippen LogP) is 1.77. The summed E-state index contributed by atoms with van der Waals surface area (Å²) in [5.41, 5.74) is 5.70. The number of halogens is 1. The van der Waals surface area contributed by atoms with Crippen molar-refractivity contribution < 1.29 is 9.53 Å². The number of amides is 1. The Morgan fingerprint density at radius 2 is 2.00 bits per heavy atom. The van der Waals surface area contributed by atoms with Crippen LogP contribution >= 0.6 is 15.9 Å². The highest BCUT2D eigenvalue weighted by atomic mass is 79.9. The first kappa shape index (κ1) is 21.5. The first-order chi connectivity index (χ1) is 14.4. The number of carbonyl (C=O) groups excluding carboxylic acids is 1. The van der Waals surface area contributed by atoms with Gasteiger partial charge in [0.2, 0.25) is 0 Å². The average Bonchev–Trinajstić information content (AvgIpc) is 2.73. The summed E-state index contributed by atoms with van der Waals surface area (Å²) in [4.78, 5) is 45.8. The zero-order valence-corrected chi connectivity index (χ0v) is 17.8. The zero-order chi connectivity index (χ0) is 21.7. The van der Waals surface area contributed by atoms with Crippen molar-refractivity contribution in [1.82, 2.24) is 14.5 Å². The van der Waals surface area contributed by atoms with E-state index in [0.29, 0.717) is 4.47 Å². The van der Waals surface area contributed by atoms with Crippen molar-refractivity contribution in [1.29, 1.82) is 0 Å². The fourth-order valence-corrected chi connectivity index (χ4v) is 3.31. The molecule has 3 aromatic rings. The SMILES string of the molecule is COCCn1c(N)c(N(Cc2ccccc2)C(=O)c2cncc(Br)c2)c(=O)[nH]c1=O. The molecule has 0 fully saturated rings. The smallest absolute Gasteiger partial charge is 0.330 e. The third-order valence-electron chi connectivity index (χ3n) is 4.38. The lowest BCUT2D eigenvalue weighted by molar-refractivity contribution is 0.0984. The molecule has 3 rings (SSSR count). The Balaban J connectivity index is 2.16. The number of aromatic amines is 1. The van der Waals surface area contributed by atoms with Crippen LogP contribution in [0.4, 0.5) is 11.5 Å². The van der Waals surface area contributed by atoms with Crippen molar-refractivity contribution in [3.63, 3.8) is 0 Å². The maximum absolute atomic E-state index is 13.4. The van der Waals surface area contributed by atoms with Gasteiger partial charge in [-0.1, -0.05) is 30.3 Å². The molecule has 0 spiro atoms. The van der Waals surface area contributed by atoms with E-state index in [0.717, 1.165) is 5.56 Å². The van der Waals surface area contributed by atoms with Crippen molar-refractivity contribution in [2.24, 2.45) is 0 Å². The molecule has 1 amide bonds. The van der Waals surface area contributed by atoms with E-state index >= 15 is 0 Å². The van der Waals surface area contributed by atoms with E-state index in [2.05, 4.69) is 25.9 Å². The van der Waals surface area contributed by atoms with Gasteiger partial charge in [-0.2, -0.15) is 0 Å². The lowest BCUT2D eigenvalue weighted by Crippen LogP contribution is -2.41. The van der Waals surface area contributed by atoms with Crippen molar-refractivity contribution in [3.8, 4) is 0 Å². The Labute approximate surface area is 180 Å². The minimum absolute atomic E-state index is 0.0714. The molecule has 156 valence electrons. The molecule has 0 saturated heterocycles. The number of benzene rings is 1. The molecule has 30 heavy (non-hydrogen) atoms. The number of nitrogens with two attached hydrogens (primary N) is 1. The summed E-state index contributed by atoms with van der Waals surface area (Å²) in [7, 11) is 1.49. The van der Waals surface area contributed by atoms with E-state index in [-0.39, 0.29) is 36.8 Å². The number of hydrogen-bond donors (Lipinski definition) is 2. The maximum Gasteiger partial charge on any atom is 0.330 e. The summed E-state index contributed by atoms with van der Waals surface area (Å²) in [6.07, 6.45) is 2.95. The summed E-state index contributed by atoms with van der Waals surface area (Å²) < 4.78 is 6.79. The quantitative estimate of drug-likeness (QED) is 0.538. The number of ether oxygens (including phenoxy) is 1. The molecule has 9 nitrogen and oxygen atoms in total. The van der Waals surface area contributed by atoms with Crippen molar-refractivity contribution in [2.45, 2.75) is 13.1 Å². The van der Waals surface area contributed by atoms with Crippen LogP contribution in [0.1, 0.15) is 15.9 Å². The second-order valence-corrected chi connectivity index (χ2v) is 7.32. The van der Waals surface area contributed by atoms with Crippen molar-refractivity contribution in [2.75, 3.05) is 24.4 Å². The number of methoxy groups -OCH3 is 1. The number of hydrogen-bond acceptors (Lipinski definition) is 6. The summed E-state index contributed by atoms with van der Waals surface area (Å²) in [6, 6.07) is 10.7. The number of nitrogens with zero attached hydrogens (tertiary/aromatic N) is 3. The van der Waals surface area contributed by atoms with Crippen LogP contribution in [0.3, 0.4) is 0 Å². The molecule has 0 radical (unpaired) electrons. The van der Waals surface area contributed by atoms with E-state index in [9.17, 15) is 14.4 Å². The van der Waals surface area contributed by atoms with Gasteiger partial charge in [-0.25, -0.2) is 4.79 Å². The van der Waals surface area contributed by atoms with Crippen LogP contribution in [-0.2, 0) is 17.8 Å². The summed E-state index contributed by atoms with van der Waals surface area (Å²) in [6.45, 7) is 0.399. The Morgan fingerprint density at radius 3 is 2.67 bits per heavy atom. The normalized spacial score (nSPS) is 10.7. The highest BCUT2D eigenvalue weighted by Gasteiger charge is 2.26. The van der Waals surface area contributed by atoms with Gasteiger partial charge in [0.15, 0.2) is 5.69 Å². The van der Waals surface area contributed by atoms with Crippen molar-refractivity contribution >= 4 is 33.3 Å². The van der Waals surface area contributed by atoms with Crippen LogP contribution in [0.2, 0.25) is 0 Å². The third kappa shape index (κ3) is 4.66. The van der Waals surface area contributed by atoms with Crippen LogP contribution in [0, 0.1) is 0 Å². The molecule has 1 aromatic carbocycles. The molecule has 2 heterocycles. The van der Waals surface area contributed by atoms with Gasteiger partial charge in [-0.15, -0.1) is 0 Å². The minimum Gasteiger partial charge on any atom is -0.383 e. The minimum atomic E-state index is -0.751. The number of aromatic nitrogens is 3. The second kappa shape index (κ2) is 9.51. The van der Waals surface area contributed by atoms with Gasteiger partial charge in [0.1, 0.15) is 5.82 Å². The van der Waals surface area contributed by atoms with Gasteiger partial charge < -0.3 is 10.5 Å². The van der Waals surface area contributed by atoms with Crippen LogP contribution in [0.25, 0.3) is 0 Å². The van der Waals surface area contributed by atoms with Crippen LogP contribution < -0.4 is 21.9 Å². The molecule has 0 atom stereocenters. The third-order valence-corrected chi connectivity index (χ3v) is 4.82. The van der Waals surface area contributed by atoms with E-state index < -0.39 is 17.2 Å². The van der Waals surface area contributed by atoms with Gasteiger partial charge >= 0.3 is 5.69 Å². The highest BCUT2D eigenvalue weighted by molar-refractivity contribution is 9.10. The molecular formula is C20H20BrN5O4. The number of H-pyrrole nitrogens is 1. The summed E-state index contributed by atoms with van der Waals surface area (Å²) >= 11 is 3.30. The van der Waals surface area contributed by atoms with Crippen molar-refractivity contribution in [3.05, 3.63) is 85.2 Å². The van der Waals surface area contributed by atoms with Crippen LogP contribution in [0.15, 0.2) is 62.9 Å². The molecule has 10 heteroatoms. The number of rotatable bonds is 7. The number of anilines is 2. The van der Waals surface area contributed by atoms with E-state index in [1.165, 1.54) is 22.8 Å². The largest absolute Gasteiger partial charge is 0.383 e. The summed E-state index contributed by atoms with van der Waals surface area (Å²) in [5.74, 6) is -0.602. The first-order valence-electron chi connectivity index (χ1n) is 9.00. The highest BCUT2D eigenvalue weighted by Crippen LogP contribution is 2.23. The van der Waals surface area contributed by atoms with Gasteiger partial charge in [0, 0.05) is 24.0 Å². The lowest BCUT2D eigenvalue weighted by Gasteiger charge is -2.24. The van der Waals surface area contributed by atoms with E-state index in [1.54, 1.807) is 12.3 Å². The van der Waals surface area contributed by atoms with Gasteiger partial charge in [-0.05, 0) is 27.6 Å². The van der Waals surface area contributed by atoms with Gasteiger partial charge in [0.25, 0.3) is 11.5 Å². The number of nitrogens with one attached hydrogen (secondary N) is 1. The zero-order valence-electron chi connectivity index (χ0n) is 16.2. The number of nitrogen functional groups attached to an aromatic ring is 1. The fraction of sp³-hybridized carbons (Fsp3) is 0.200. The Morgan fingerprint density at radius 1 is 1.27 bits per heavy atom. The number of carbonyl (C=O) groups is 1. The molecule has 0 unspecified atom stereocenters. The second-order valence-electron chi connectivity index (χ2n) is 6.41. The molecule has 0 saturated carbocycles. The van der Waals surface area contributed by atoms with E-state index in [1.807, 2.05) is 30.3 Å². The predicted molar refractivity (Wildman–Crippen MR) is 117 cm³/mol. The molecule has 0 bridgehead atoms. The van der Waals surface area contributed by atoms with Crippen LogP contribution in [0.5, 0.6) is 0 Å². The first-order valence-corrected chi connectivity index (χ1v) is 9.79. The Kier molecular flexibility index (Phi) is 6.80. The van der Waals surface area contributed by atoms with Gasteiger partial charge in [0.05, 0.1) is 25.3 Å². The molecular weight excluding hydrogens is 454 g/mol. The topological polar surface area (TPSA) is 123 Å². The summed E-state index contributed by atoms with van der Waals surface area (Å²) in [5, 5.41) is 0. The molecule has 0 aliphatic heterocycles. The maximum atomic E-state index is 13.4. The van der Waals surface area contributed by atoms with E-state index in [4.69, 9.17) is 10.5 Å². The lowest BCUT2D eigenvalue weighted by atomic mass is 10.1. The molecule has 0 aliphatic rings. The fourth-order valence-electron chi connectivity index (χ4n) is 2.95. The van der Waals surface area contributed by atoms with Gasteiger partial charge in [-0.3, -0.25) is 29.0 Å². The Bertz CT molecular complexity index is 1160. The monoisotopic (exact) mass is 473 g/mol. The number of pyridine rings is 1.